The summed E-state index contributed by atoms with van der Waals surface area (Å²) in [7, 11) is -1.91. The minimum Gasteiger partial charge on any atom is -0.497 e. The van der Waals surface area contributed by atoms with Crippen LogP contribution in [0.2, 0.25) is 0 Å². The van der Waals surface area contributed by atoms with E-state index in [4.69, 9.17) is 23.7 Å². The molecule has 2 aliphatic heterocycles. The summed E-state index contributed by atoms with van der Waals surface area (Å²) in [5.74, 6) is -2.01. The van der Waals surface area contributed by atoms with Gasteiger partial charge in [0.1, 0.15) is 23.4 Å². The summed E-state index contributed by atoms with van der Waals surface area (Å²) in [6.45, 7) is 4.73. The van der Waals surface area contributed by atoms with Gasteiger partial charge in [-0.3, -0.25) is 19.1 Å². The minimum absolute atomic E-state index is 0.0965. The fraction of sp³-hybridized carbons (Fsp3) is 0.615. The van der Waals surface area contributed by atoms with Gasteiger partial charge in [0.15, 0.2) is 0 Å². The van der Waals surface area contributed by atoms with Crippen molar-refractivity contribution >= 4 is 53.3 Å². The average molecular weight is 886 g/mol. The SMILES string of the molecule is CC[C@@H]1O[C@H](C)CC/C=C\[C@H]2C[C@@]2(C(=O)NS(=O)(=O)C2CC2)NC(=O)[C@@H]2C[C@@H](Oc3nc(OC)cc4cc(OC)ccc34)CN2C(=O)C1PNC(=O)OC(C)(C)C(F)(F)F. The number of amides is 4. The van der Waals surface area contributed by atoms with E-state index in [0.717, 1.165) is 0 Å². The van der Waals surface area contributed by atoms with Crippen LogP contribution < -0.4 is 29.3 Å². The fourth-order valence-corrected chi connectivity index (χ4v) is 9.79. The quantitative estimate of drug-likeness (QED) is 0.209. The zero-order valence-corrected chi connectivity index (χ0v) is 35.9. The Kier molecular flexibility index (Phi) is 13.2. The number of ether oxygens (including phenoxy) is 5. The number of sulfonamides is 1. The molecule has 0 bridgehead atoms. The van der Waals surface area contributed by atoms with Gasteiger partial charge in [-0.05, 0) is 91.6 Å². The van der Waals surface area contributed by atoms with Crippen molar-refractivity contribution in [3.8, 4) is 17.5 Å². The lowest BCUT2D eigenvalue weighted by Crippen LogP contribution is -2.57. The van der Waals surface area contributed by atoms with E-state index in [1.54, 1.807) is 44.2 Å². The highest BCUT2D eigenvalue weighted by molar-refractivity contribution is 7.91. The molecule has 3 N–H and O–H groups in total. The summed E-state index contributed by atoms with van der Waals surface area (Å²) in [4.78, 5) is 61.9. The van der Waals surface area contributed by atoms with Gasteiger partial charge in [0, 0.05) is 23.8 Å². The van der Waals surface area contributed by atoms with Crippen LogP contribution in [0.1, 0.15) is 72.6 Å². The van der Waals surface area contributed by atoms with Crippen LogP contribution in [-0.4, -0.2) is 115 Å². The molecule has 1 aromatic heterocycles. The molecule has 0 spiro atoms. The van der Waals surface area contributed by atoms with Crippen LogP contribution in [0.4, 0.5) is 18.0 Å². The molecule has 1 saturated heterocycles. The Hall–Kier alpha value is -4.42. The molecule has 3 fully saturated rings. The highest BCUT2D eigenvalue weighted by Crippen LogP contribution is 2.46. The summed E-state index contributed by atoms with van der Waals surface area (Å²) in [6, 6.07) is 5.56. The highest BCUT2D eigenvalue weighted by Gasteiger charge is 2.62. The molecular weight excluding hydrogens is 834 g/mol. The monoisotopic (exact) mass is 885 g/mol. The van der Waals surface area contributed by atoms with Crippen molar-refractivity contribution in [1.82, 2.24) is 25.0 Å². The van der Waals surface area contributed by atoms with Gasteiger partial charge in [0.25, 0.3) is 5.91 Å². The number of allylic oxidation sites excluding steroid dienone is 1. The Bertz CT molecular complexity index is 2120. The molecule has 4 amide bonds. The van der Waals surface area contributed by atoms with E-state index in [2.05, 4.69) is 20.1 Å². The smallest absolute Gasteiger partial charge is 0.427 e. The average Bonchev–Trinajstić information content (AvgIpc) is 4.11. The van der Waals surface area contributed by atoms with E-state index in [0.29, 0.717) is 56.1 Å². The van der Waals surface area contributed by atoms with Gasteiger partial charge in [0.05, 0.1) is 43.9 Å². The van der Waals surface area contributed by atoms with Crippen LogP contribution in [0.3, 0.4) is 0 Å². The van der Waals surface area contributed by atoms with Crippen LogP contribution in [0.15, 0.2) is 36.4 Å². The Morgan fingerprint density at radius 1 is 1.12 bits per heavy atom. The maximum Gasteiger partial charge on any atom is 0.427 e. The maximum absolute atomic E-state index is 14.9. The number of nitrogens with zero attached hydrogens (tertiary/aromatic N) is 2. The molecule has 21 heteroatoms. The molecule has 8 atom stereocenters. The number of rotatable bonds is 11. The Labute approximate surface area is 347 Å². The molecule has 330 valence electrons. The van der Waals surface area contributed by atoms with Gasteiger partial charge in [-0.1, -0.05) is 19.1 Å². The number of carbonyl (C=O) groups excluding carboxylic acids is 4. The molecule has 1 aromatic carbocycles. The van der Waals surface area contributed by atoms with Crippen molar-refractivity contribution in [1.29, 1.82) is 0 Å². The number of benzene rings is 1. The van der Waals surface area contributed by atoms with E-state index in [1.807, 2.05) is 6.08 Å². The van der Waals surface area contributed by atoms with E-state index in [9.17, 15) is 40.8 Å². The molecular formula is C39H51F3N5O11PS. The Morgan fingerprint density at radius 3 is 2.50 bits per heavy atom. The van der Waals surface area contributed by atoms with Crippen molar-refractivity contribution in [3.05, 3.63) is 36.4 Å². The molecule has 4 aliphatic rings. The van der Waals surface area contributed by atoms with Crippen molar-refractivity contribution in [3.63, 3.8) is 0 Å². The van der Waals surface area contributed by atoms with E-state index < -0.39 is 101 Å². The molecule has 0 radical (unpaired) electrons. The maximum atomic E-state index is 14.9. The molecule has 2 unspecified atom stereocenters. The summed E-state index contributed by atoms with van der Waals surface area (Å²) in [5.41, 5.74) is -5.70. The number of hydrogen-bond acceptors (Lipinski definition) is 12. The van der Waals surface area contributed by atoms with Crippen molar-refractivity contribution in [2.75, 3.05) is 20.8 Å². The van der Waals surface area contributed by atoms with Crippen molar-refractivity contribution in [2.45, 2.75) is 125 Å². The van der Waals surface area contributed by atoms with Gasteiger partial charge in [-0.15, -0.1) is 0 Å². The second kappa shape index (κ2) is 17.5. The van der Waals surface area contributed by atoms with E-state index >= 15 is 0 Å². The first-order chi connectivity index (χ1) is 28.2. The molecule has 2 aliphatic carbocycles. The first kappa shape index (κ1) is 45.1. The van der Waals surface area contributed by atoms with E-state index in [1.165, 1.54) is 19.1 Å². The molecule has 2 saturated carbocycles. The van der Waals surface area contributed by atoms with E-state index in [-0.39, 0.29) is 37.6 Å². The zero-order valence-electron chi connectivity index (χ0n) is 34.1. The van der Waals surface area contributed by atoms with Crippen LogP contribution in [0.25, 0.3) is 10.8 Å². The lowest BCUT2D eigenvalue weighted by molar-refractivity contribution is -0.243. The third-order valence-electron chi connectivity index (χ3n) is 11.2. The molecule has 3 heterocycles. The Balaban J connectivity index is 1.36. The van der Waals surface area contributed by atoms with Crippen molar-refractivity contribution in [2.24, 2.45) is 5.92 Å². The predicted octanol–water partition coefficient (Wildman–Crippen LogP) is 4.65. The number of halogens is 3. The van der Waals surface area contributed by atoms with Crippen molar-refractivity contribution < 1.29 is 64.5 Å². The second-order valence-corrected chi connectivity index (χ2v) is 19.2. The number of methoxy groups -OCH3 is 2. The van der Waals surface area contributed by atoms with Gasteiger partial charge >= 0.3 is 12.3 Å². The number of fused-ring (bicyclic) bond motifs is 3. The zero-order chi connectivity index (χ0) is 43.8. The molecule has 2 aromatic rings. The number of aromatic nitrogens is 1. The number of pyridine rings is 1. The van der Waals surface area contributed by atoms with Gasteiger partial charge in [0.2, 0.25) is 39.2 Å². The Morgan fingerprint density at radius 2 is 1.85 bits per heavy atom. The highest BCUT2D eigenvalue weighted by atomic mass is 32.2. The summed E-state index contributed by atoms with van der Waals surface area (Å²) < 4.78 is 97.2. The van der Waals surface area contributed by atoms with Crippen LogP contribution in [-0.2, 0) is 33.9 Å². The number of hydrogen-bond donors (Lipinski definition) is 3. The number of carbonyl (C=O) groups is 4. The largest absolute Gasteiger partial charge is 0.497 e. The van der Waals surface area contributed by atoms with Crippen LogP contribution in [0, 0.1) is 5.92 Å². The third-order valence-corrected chi connectivity index (χ3v) is 14.3. The third kappa shape index (κ3) is 9.86. The fourth-order valence-electron chi connectivity index (χ4n) is 7.31. The first-order valence-electron chi connectivity index (χ1n) is 19.7. The lowest BCUT2D eigenvalue weighted by Gasteiger charge is -2.34. The second-order valence-electron chi connectivity index (χ2n) is 16.0. The summed E-state index contributed by atoms with van der Waals surface area (Å²) in [6.07, 6.45) is -2.99. The summed E-state index contributed by atoms with van der Waals surface area (Å²) in [5, 5.41) is 5.66. The van der Waals surface area contributed by atoms with Gasteiger partial charge < -0.3 is 39.0 Å². The van der Waals surface area contributed by atoms with Gasteiger partial charge in [-0.25, -0.2) is 13.2 Å². The van der Waals surface area contributed by atoms with Crippen LogP contribution >= 0.6 is 8.73 Å². The lowest BCUT2D eigenvalue weighted by atomic mass is 10.1. The molecule has 16 nitrogen and oxygen atoms in total. The molecule has 60 heavy (non-hydrogen) atoms. The standard InChI is InChI=1S/C39H51F3N5O11PS/c1-7-29-31(59-45-36(51)58-37(3,4)39(40,41)42)34(49)47-20-25(57-33-27-15-12-24(54-5)16-22(27)17-30(43-33)55-6)18-28(47)32(48)44-38(35(50)46-60(52,53)26-13-14-26)19-23(38)11-9-8-10-21(2)56-29/h9,11-12,15-17,21,23,25-26,28-29,31,59H,7-8,10,13-14,18-20H2,1-6H3,(H,44,48)(H,45,51)(H,46,50)/b11-9-/t21-,23+,25-,28+,29+,31?,38-/m1/s1. The predicted molar refractivity (Wildman–Crippen MR) is 213 cm³/mol. The topological polar surface area (TPSA) is 201 Å². The first-order valence-corrected chi connectivity index (χ1v) is 22.4. The van der Waals surface area contributed by atoms with Gasteiger partial charge in [-0.2, -0.15) is 18.2 Å². The summed E-state index contributed by atoms with van der Waals surface area (Å²) >= 11 is 0. The minimum atomic E-state index is -4.89. The number of alkyl halides is 3. The normalized spacial score (nSPS) is 28.4. The van der Waals surface area contributed by atoms with Crippen LogP contribution in [0.5, 0.6) is 17.5 Å². The molecule has 6 rings (SSSR count). The number of nitrogens with one attached hydrogen (secondary N) is 3.